The molecule has 1 N–H and O–H groups in total. The van der Waals surface area contributed by atoms with Gasteiger partial charge in [0.15, 0.2) is 11.5 Å². The molecule has 33 heavy (non-hydrogen) atoms. The van der Waals surface area contributed by atoms with E-state index >= 15 is 0 Å². The van der Waals surface area contributed by atoms with Gasteiger partial charge in [0.2, 0.25) is 0 Å². The summed E-state index contributed by atoms with van der Waals surface area (Å²) < 4.78 is 12.1. The van der Waals surface area contributed by atoms with E-state index < -0.39 is 5.97 Å². The summed E-state index contributed by atoms with van der Waals surface area (Å²) in [4.78, 5) is 25.3. The van der Waals surface area contributed by atoms with Crippen molar-refractivity contribution in [1.29, 1.82) is 0 Å². The minimum atomic E-state index is -0.904. The number of carboxylic acid groups (broad SMARTS) is 1. The smallest absolute Gasteiger partial charge is 0.303 e. The number of halogens is 2. The molecule has 3 rings (SSSR count). The van der Waals surface area contributed by atoms with Gasteiger partial charge in [-0.25, -0.2) is 0 Å². The number of thiocarbonyl (C=S) groups is 1. The van der Waals surface area contributed by atoms with Crippen LogP contribution in [0.1, 0.15) is 30.9 Å². The Morgan fingerprint density at radius 1 is 1.18 bits per heavy atom. The predicted molar refractivity (Wildman–Crippen MR) is 135 cm³/mol. The van der Waals surface area contributed by atoms with Crippen LogP contribution in [-0.4, -0.2) is 39.4 Å². The minimum absolute atomic E-state index is 0.0192. The van der Waals surface area contributed by atoms with Crippen molar-refractivity contribution >= 4 is 69.5 Å². The van der Waals surface area contributed by atoms with E-state index in [0.29, 0.717) is 49.4 Å². The van der Waals surface area contributed by atoms with E-state index in [2.05, 4.69) is 0 Å². The maximum atomic E-state index is 12.7. The zero-order valence-corrected chi connectivity index (χ0v) is 20.8. The average Bonchev–Trinajstić information content (AvgIpc) is 3.02. The number of amides is 1. The SMILES string of the molecule is CCOc1cc(/C=C2\SC(=S)N(CCCC(=O)O)C2=O)ccc1OCc1c(Cl)cccc1Cl. The van der Waals surface area contributed by atoms with E-state index in [4.69, 9.17) is 50.0 Å². The number of aliphatic carboxylic acids is 1. The molecule has 2 aromatic carbocycles. The van der Waals surface area contributed by atoms with Crippen LogP contribution in [0.15, 0.2) is 41.3 Å². The first kappa shape index (κ1) is 25.4. The number of ether oxygens (including phenoxy) is 2. The zero-order chi connectivity index (χ0) is 24.0. The molecule has 0 unspecified atom stereocenters. The molecule has 1 aliphatic heterocycles. The highest BCUT2D eigenvalue weighted by molar-refractivity contribution is 8.26. The Hall–Kier alpha value is -2.26. The molecular formula is C23H21Cl2NO5S2. The molecule has 10 heteroatoms. The lowest BCUT2D eigenvalue weighted by atomic mass is 10.1. The monoisotopic (exact) mass is 525 g/mol. The lowest BCUT2D eigenvalue weighted by molar-refractivity contribution is -0.137. The Bertz CT molecular complexity index is 1090. The van der Waals surface area contributed by atoms with Crippen LogP contribution in [0, 0.1) is 0 Å². The fourth-order valence-electron chi connectivity index (χ4n) is 3.05. The molecule has 1 aliphatic rings. The summed E-state index contributed by atoms with van der Waals surface area (Å²) in [6, 6.07) is 10.6. The number of carboxylic acids is 1. The third-order valence-corrected chi connectivity index (χ3v) is 6.73. The van der Waals surface area contributed by atoms with E-state index in [-0.39, 0.29) is 25.5 Å². The number of hydrogen-bond acceptors (Lipinski definition) is 6. The quantitative estimate of drug-likeness (QED) is 0.299. The number of benzene rings is 2. The van der Waals surface area contributed by atoms with Gasteiger partial charge in [-0.1, -0.05) is 59.3 Å². The Morgan fingerprint density at radius 3 is 2.58 bits per heavy atom. The molecule has 0 saturated carbocycles. The fourth-order valence-corrected chi connectivity index (χ4v) is 4.87. The van der Waals surface area contributed by atoms with Crippen molar-refractivity contribution in [3.63, 3.8) is 0 Å². The van der Waals surface area contributed by atoms with Crippen LogP contribution < -0.4 is 9.47 Å². The van der Waals surface area contributed by atoms with Gasteiger partial charge in [-0.15, -0.1) is 0 Å². The standard InChI is InChI=1S/C23H21Cl2NO5S2/c1-2-30-19-11-14(8-9-18(19)31-13-15-16(24)5-3-6-17(15)25)12-20-22(29)26(23(32)33-20)10-4-7-21(27)28/h3,5-6,8-9,11-12H,2,4,7,10,13H2,1H3,(H,27,28)/b20-12-. The molecule has 1 amide bonds. The maximum absolute atomic E-state index is 12.7. The molecule has 0 bridgehead atoms. The van der Waals surface area contributed by atoms with Crippen molar-refractivity contribution in [2.24, 2.45) is 0 Å². The van der Waals surface area contributed by atoms with Crippen LogP contribution in [0.2, 0.25) is 10.0 Å². The summed E-state index contributed by atoms with van der Waals surface area (Å²) in [5.74, 6) is -0.0989. The summed E-state index contributed by atoms with van der Waals surface area (Å²) in [5.41, 5.74) is 1.42. The maximum Gasteiger partial charge on any atom is 0.303 e. The van der Waals surface area contributed by atoms with Crippen molar-refractivity contribution in [2.75, 3.05) is 13.2 Å². The van der Waals surface area contributed by atoms with E-state index in [9.17, 15) is 9.59 Å². The number of carbonyl (C=O) groups excluding carboxylic acids is 1. The largest absolute Gasteiger partial charge is 0.490 e. The van der Waals surface area contributed by atoms with E-state index in [1.165, 1.54) is 16.7 Å². The van der Waals surface area contributed by atoms with Gasteiger partial charge in [0.1, 0.15) is 10.9 Å². The van der Waals surface area contributed by atoms with Crippen LogP contribution in [0.5, 0.6) is 11.5 Å². The van der Waals surface area contributed by atoms with Crippen molar-refractivity contribution in [2.45, 2.75) is 26.4 Å². The van der Waals surface area contributed by atoms with Gasteiger partial charge in [-0.3, -0.25) is 14.5 Å². The third kappa shape index (κ3) is 6.63. The number of nitrogens with zero attached hydrogens (tertiary/aromatic N) is 1. The second-order valence-corrected chi connectivity index (χ2v) is 9.45. The summed E-state index contributed by atoms with van der Waals surface area (Å²) in [6.45, 7) is 2.74. The van der Waals surface area contributed by atoms with Crippen molar-refractivity contribution in [3.8, 4) is 11.5 Å². The first-order valence-corrected chi connectivity index (χ1v) is 12.1. The second kappa shape index (κ2) is 11.7. The van der Waals surface area contributed by atoms with Crippen LogP contribution in [0.4, 0.5) is 0 Å². The normalized spacial score (nSPS) is 14.8. The van der Waals surface area contributed by atoms with Crippen LogP contribution in [-0.2, 0) is 16.2 Å². The molecule has 6 nitrogen and oxygen atoms in total. The molecule has 0 aromatic heterocycles. The molecule has 0 radical (unpaired) electrons. The highest BCUT2D eigenvalue weighted by Crippen LogP contribution is 2.36. The summed E-state index contributed by atoms with van der Waals surface area (Å²) >= 11 is 18.9. The van der Waals surface area contributed by atoms with Gasteiger partial charge >= 0.3 is 5.97 Å². The first-order valence-electron chi connectivity index (χ1n) is 10.1. The molecule has 2 aromatic rings. The molecule has 1 fully saturated rings. The minimum Gasteiger partial charge on any atom is -0.490 e. The van der Waals surface area contributed by atoms with Gasteiger partial charge in [0.05, 0.1) is 11.5 Å². The van der Waals surface area contributed by atoms with Gasteiger partial charge < -0.3 is 14.6 Å². The average molecular weight is 526 g/mol. The topological polar surface area (TPSA) is 76.1 Å². The van der Waals surface area contributed by atoms with Crippen molar-refractivity contribution in [3.05, 3.63) is 62.5 Å². The molecular weight excluding hydrogens is 505 g/mol. The molecule has 174 valence electrons. The van der Waals surface area contributed by atoms with Crippen LogP contribution in [0.25, 0.3) is 6.08 Å². The molecule has 1 heterocycles. The zero-order valence-electron chi connectivity index (χ0n) is 17.7. The van der Waals surface area contributed by atoms with E-state index in [1.54, 1.807) is 36.4 Å². The van der Waals surface area contributed by atoms with Gasteiger partial charge in [0.25, 0.3) is 5.91 Å². The van der Waals surface area contributed by atoms with E-state index in [0.717, 1.165) is 5.56 Å². The van der Waals surface area contributed by atoms with Gasteiger partial charge in [-0.2, -0.15) is 0 Å². The second-order valence-electron chi connectivity index (χ2n) is 6.96. The summed E-state index contributed by atoms with van der Waals surface area (Å²) in [7, 11) is 0. The Balaban J connectivity index is 1.76. The molecule has 1 saturated heterocycles. The Morgan fingerprint density at radius 2 is 1.91 bits per heavy atom. The first-order chi connectivity index (χ1) is 15.8. The molecule has 0 atom stereocenters. The third-order valence-electron chi connectivity index (χ3n) is 4.65. The van der Waals surface area contributed by atoms with Crippen molar-refractivity contribution < 1.29 is 24.2 Å². The van der Waals surface area contributed by atoms with Gasteiger partial charge in [0, 0.05) is 28.6 Å². The lowest BCUT2D eigenvalue weighted by Crippen LogP contribution is -2.29. The summed E-state index contributed by atoms with van der Waals surface area (Å²) in [5, 5.41) is 9.83. The number of carbonyl (C=O) groups is 2. The fraction of sp³-hybridized carbons (Fsp3) is 0.261. The number of thioether (sulfide) groups is 1. The predicted octanol–water partition coefficient (Wildman–Crippen LogP) is 6.04. The van der Waals surface area contributed by atoms with Crippen molar-refractivity contribution in [1.82, 2.24) is 4.90 Å². The van der Waals surface area contributed by atoms with Crippen LogP contribution in [0.3, 0.4) is 0 Å². The Labute approximate surface area is 211 Å². The van der Waals surface area contributed by atoms with E-state index in [1.807, 2.05) is 13.0 Å². The number of rotatable bonds is 10. The van der Waals surface area contributed by atoms with Crippen LogP contribution >= 0.6 is 47.2 Å². The highest BCUT2D eigenvalue weighted by atomic mass is 35.5. The summed E-state index contributed by atoms with van der Waals surface area (Å²) in [6.07, 6.45) is 2.05. The Kier molecular flexibility index (Phi) is 9.02. The lowest BCUT2D eigenvalue weighted by Gasteiger charge is -2.14. The molecule has 0 spiro atoms. The highest BCUT2D eigenvalue weighted by Gasteiger charge is 2.31. The molecule has 0 aliphatic carbocycles. The number of hydrogen-bond donors (Lipinski definition) is 1. The van der Waals surface area contributed by atoms with Gasteiger partial charge in [-0.05, 0) is 49.2 Å².